The Bertz CT molecular complexity index is 447. The highest BCUT2D eigenvalue weighted by molar-refractivity contribution is 5.75. The number of aryl methyl sites for hydroxylation is 1. The van der Waals surface area contributed by atoms with Gasteiger partial charge in [0.25, 0.3) is 0 Å². The molecule has 0 saturated carbocycles. The molecule has 1 rings (SSSR count). The molecule has 0 aliphatic rings. The number of carbonyl (C=O) groups excluding carboxylic acids is 1. The van der Waals surface area contributed by atoms with E-state index in [0.29, 0.717) is 12.0 Å². The maximum Gasteiger partial charge on any atom is 0.347 e. The van der Waals surface area contributed by atoms with Gasteiger partial charge in [-0.25, -0.2) is 13.6 Å². The molecule has 0 amide bonds. The molecule has 0 aromatic heterocycles. The summed E-state index contributed by atoms with van der Waals surface area (Å²) in [5.74, 6) is -2.30. The van der Waals surface area contributed by atoms with Crippen LogP contribution < -0.4 is 4.74 Å². The summed E-state index contributed by atoms with van der Waals surface area (Å²) in [7, 11) is 1.27. The maximum atomic E-state index is 13.2. The minimum atomic E-state index is -1.00. The molecule has 5 heteroatoms. The molecule has 0 heterocycles. The van der Waals surface area contributed by atoms with E-state index in [2.05, 4.69) is 4.74 Å². The minimum absolute atomic E-state index is 0.158. The van der Waals surface area contributed by atoms with Crippen molar-refractivity contribution in [1.29, 1.82) is 0 Å². The van der Waals surface area contributed by atoms with Gasteiger partial charge in [0.05, 0.1) is 7.11 Å². The zero-order chi connectivity index (χ0) is 14.4. The van der Waals surface area contributed by atoms with Crippen molar-refractivity contribution in [3.63, 3.8) is 0 Å². The normalized spacial score (nSPS) is 12.1. The van der Waals surface area contributed by atoms with Gasteiger partial charge >= 0.3 is 5.97 Å². The number of esters is 1. The lowest BCUT2D eigenvalue weighted by atomic mass is 10.1. The van der Waals surface area contributed by atoms with Gasteiger partial charge in [0.1, 0.15) is 5.75 Å². The first-order chi connectivity index (χ1) is 8.99. The van der Waals surface area contributed by atoms with Crippen molar-refractivity contribution in [2.45, 2.75) is 39.2 Å². The van der Waals surface area contributed by atoms with Crippen LogP contribution in [0.2, 0.25) is 0 Å². The quantitative estimate of drug-likeness (QED) is 0.745. The van der Waals surface area contributed by atoms with E-state index in [-0.39, 0.29) is 5.75 Å². The highest BCUT2D eigenvalue weighted by Crippen LogP contribution is 2.24. The van der Waals surface area contributed by atoms with E-state index in [1.54, 1.807) is 6.92 Å². The van der Waals surface area contributed by atoms with Crippen LogP contribution >= 0.6 is 0 Å². The van der Waals surface area contributed by atoms with E-state index in [0.717, 1.165) is 25.0 Å². The fourth-order valence-corrected chi connectivity index (χ4v) is 1.65. The molecule has 1 aromatic rings. The molecule has 0 bridgehead atoms. The number of carbonyl (C=O) groups is 1. The molecule has 0 aliphatic heterocycles. The van der Waals surface area contributed by atoms with Gasteiger partial charge in [-0.05, 0) is 31.4 Å². The largest absolute Gasteiger partial charge is 0.478 e. The molecule has 19 heavy (non-hydrogen) atoms. The van der Waals surface area contributed by atoms with Crippen LogP contribution in [-0.2, 0) is 9.53 Å². The summed E-state index contributed by atoms with van der Waals surface area (Å²) in [5, 5.41) is 0. The monoisotopic (exact) mass is 272 g/mol. The van der Waals surface area contributed by atoms with Crippen molar-refractivity contribution in [1.82, 2.24) is 0 Å². The number of benzene rings is 1. The van der Waals surface area contributed by atoms with Gasteiger partial charge < -0.3 is 9.47 Å². The van der Waals surface area contributed by atoms with E-state index < -0.39 is 23.7 Å². The third-order valence-electron chi connectivity index (χ3n) is 2.77. The van der Waals surface area contributed by atoms with Crippen molar-refractivity contribution in [3.8, 4) is 5.75 Å². The van der Waals surface area contributed by atoms with Crippen molar-refractivity contribution in [2.24, 2.45) is 0 Å². The molecule has 0 N–H and O–H groups in total. The van der Waals surface area contributed by atoms with Gasteiger partial charge in [-0.3, -0.25) is 0 Å². The Morgan fingerprint density at radius 3 is 2.53 bits per heavy atom. The summed E-state index contributed by atoms with van der Waals surface area (Å²) >= 11 is 0. The first kappa shape index (κ1) is 15.4. The molecule has 106 valence electrons. The summed E-state index contributed by atoms with van der Waals surface area (Å²) in [6.45, 7) is 3.57. The fraction of sp³-hybridized carbons (Fsp3) is 0.500. The molecule has 0 spiro atoms. The Balaban J connectivity index is 2.89. The van der Waals surface area contributed by atoms with Crippen LogP contribution in [0.15, 0.2) is 12.1 Å². The first-order valence-electron chi connectivity index (χ1n) is 6.19. The van der Waals surface area contributed by atoms with Crippen LogP contribution in [-0.4, -0.2) is 19.2 Å². The van der Waals surface area contributed by atoms with Gasteiger partial charge in [0, 0.05) is 6.07 Å². The van der Waals surface area contributed by atoms with Gasteiger partial charge in [0.15, 0.2) is 17.7 Å². The van der Waals surface area contributed by atoms with E-state index in [1.165, 1.54) is 7.11 Å². The smallest absolute Gasteiger partial charge is 0.347 e. The zero-order valence-electron chi connectivity index (χ0n) is 11.3. The minimum Gasteiger partial charge on any atom is -0.478 e. The molecular formula is C14H18F2O3. The van der Waals surface area contributed by atoms with Crippen LogP contribution in [0.25, 0.3) is 0 Å². The average molecular weight is 272 g/mol. The van der Waals surface area contributed by atoms with Crippen LogP contribution in [0.4, 0.5) is 8.78 Å². The number of rotatable bonds is 6. The predicted molar refractivity (Wildman–Crippen MR) is 67.1 cm³/mol. The molecule has 1 unspecified atom stereocenters. The van der Waals surface area contributed by atoms with Crippen LogP contribution in [0.5, 0.6) is 5.75 Å². The van der Waals surface area contributed by atoms with E-state index in [9.17, 15) is 13.6 Å². The molecular weight excluding hydrogens is 254 g/mol. The summed E-state index contributed by atoms with van der Waals surface area (Å²) in [4.78, 5) is 11.6. The lowest BCUT2D eigenvalue weighted by molar-refractivity contribution is -0.149. The lowest BCUT2D eigenvalue weighted by Crippen LogP contribution is -2.28. The Morgan fingerprint density at radius 2 is 1.95 bits per heavy atom. The van der Waals surface area contributed by atoms with Crippen LogP contribution in [0, 0.1) is 18.6 Å². The second-order valence-corrected chi connectivity index (χ2v) is 4.30. The van der Waals surface area contributed by atoms with E-state index >= 15 is 0 Å². The number of methoxy groups -OCH3 is 1. The number of hydrogen-bond acceptors (Lipinski definition) is 3. The summed E-state index contributed by atoms with van der Waals surface area (Å²) in [6, 6.07) is 1.99. The SMILES string of the molecule is CCCCC(Oc1cc(F)c(F)cc1C)C(=O)OC. The summed E-state index contributed by atoms with van der Waals surface area (Å²) in [6.07, 6.45) is 1.35. The zero-order valence-corrected chi connectivity index (χ0v) is 11.3. The summed E-state index contributed by atoms with van der Waals surface area (Å²) < 4.78 is 36.3. The molecule has 3 nitrogen and oxygen atoms in total. The summed E-state index contributed by atoms with van der Waals surface area (Å²) in [5.41, 5.74) is 0.435. The molecule has 1 atom stereocenters. The topological polar surface area (TPSA) is 35.5 Å². The highest BCUT2D eigenvalue weighted by Gasteiger charge is 2.22. The van der Waals surface area contributed by atoms with Crippen molar-refractivity contribution in [2.75, 3.05) is 7.11 Å². The first-order valence-corrected chi connectivity index (χ1v) is 6.19. The third kappa shape index (κ3) is 4.19. The van der Waals surface area contributed by atoms with Crippen molar-refractivity contribution in [3.05, 3.63) is 29.3 Å². The molecule has 1 aromatic carbocycles. The fourth-order valence-electron chi connectivity index (χ4n) is 1.65. The third-order valence-corrected chi connectivity index (χ3v) is 2.77. The van der Waals surface area contributed by atoms with Crippen molar-refractivity contribution < 1.29 is 23.0 Å². The second-order valence-electron chi connectivity index (χ2n) is 4.30. The number of hydrogen-bond donors (Lipinski definition) is 0. The number of ether oxygens (including phenoxy) is 2. The Kier molecular flexibility index (Phi) is 5.73. The van der Waals surface area contributed by atoms with Crippen molar-refractivity contribution >= 4 is 5.97 Å². The molecule has 0 fully saturated rings. The maximum absolute atomic E-state index is 13.2. The molecule has 0 radical (unpaired) electrons. The average Bonchev–Trinajstić information content (AvgIpc) is 2.39. The molecule has 0 aliphatic carbocycles. The van der Waals surface area contributed by atoms with Gasteiger partial charge in [-0.2, -0.15) is 0 Å². The van der Waals surface area contributed by atoms with Crippen LogP contribution in [0.3, 0.4) is 0 Å². The van der Waals surface area contributed by atoms with Gasteiger partial charge in [0.2, 0.25) is 0 Å². The lowest BCUT2D eigenvalue weighted by Gasteiger charge is -2.18. The molecule has 0 saturated heterocycles. The van der Waals surface area contributed by atoms with E-state index in [4.69, 9.17) is 4.74 Å². The Morgan fingerprint density at radius 1 is 1.32 bits per heavy atom. The van der Waals surface area contributed by atoms with Crippen LogP contribution in [0.1, 0.15) is 31.7 Å². The highest BCUT2D eigenvalue weighted by atomic mass is 19.2. The second kappa shape index (κ2) is 7.07. The number of unbranched alkanes of at least 4 members (excludes halogenated alkanes) is 1. The predicted octanol–water partition coefficient (Wildman–Crippen LogP) is 3.38. The van der Waals surface area contributed by atoms with Gasteiger partial charge in [-0.1, -0.05) is 13.3 Å². The van der Waals surface area contributed by atoms with Gasteiger partial charge in [-0.15, -0.1) is 0 Å². The standard InChI is InChI=1S/C14H18F2O3/c1-4-5-6-12(14(17)18-3)19-13-8-11(16)10(15)7-9(13)2/h7-8,12H,4-6H2,1-3H3. The Labute approximate surface area is 111 Å². The number of halogens is 2. The Hall–Kier alpha value is -1.65. The van der Waals surface area contributed by atoms with E-state index in [1.807, 2.05) is 6.92 Å².